The minimum Gasteiger partial charge on any atom is -0.385 e. The molecule has 5 nitrogen and oxygen atoms in total. The van der Waals surface area contributed by atoms with E-state index >= 15 is 0 Å². The van der Waals surface area contributed by atoms with Crippen LogP contribution < -0.4 is 16.0 Å². The number of nitrogens with one attached hydrogen (secondary N) is 3. The van der Waals surface area contributed by atoms with Gasteiger partial charge in [-0.2, -0.15) is 0 Å². The van der Waals surface area contributed by atoms with Gasteiger partial charge in [-0.05, 0) is 32.4 Å². The third kappa shape index (κ3) is 8.92. The Balaban J connectivity index is 2.17. The summed E-state index contributed by atoms with van der Waals surface area (Å²) in [5, 5.41) is 9.87. The van der Waals surface area contributed by atoms with Crippen molar-refractivity contribution in [1.29, 1.82) is 0 Å². The van der Waals surface area contributed by atoms with Gasteiger partial charge in [0.15, 0.2) is 5.96 Å². The van der Waals surface area contributed by atoms with Crippen LogP contribution in [0.2, 0.25) is 0 Å². The fourth-order valence-electron chi connectivity index (χ4n) is 1.79. The van der Waals surface area contributed by atoms with Crippen molar-refractivity contribution >= 4 is 11.6 Å². The van der Waals surface area contributed by atoms with Crippen LogP contribution in [0.3, 0.4) is 0 Å². The maximum atomic E-state index is 5.30. The average molecular weight is 292 g/mol. The van der Waals surface area contributed by atoms with Crippen LogP contribution in [-0.4, -0.2) is 45.4 Å². The number of nitrogens with zero attached hydrogens (tertiary/aromatic N) is 1. The molecule has 0 aromatic heterocycles. The van der Waals surface area contributed by atoms with Crippen molar-refractivity contribution in [3.63, 3.8) is 0 Å². The Morgan fingerprint density at radius 3 is 2.62 bits per heavy atom. The molecule has 3 N–H and O–H groups in total. The van der Waals surface area contributed by atoms with E-state index in [0.717, 1.165) is 50.9 Å². The van der Waals surface area contributed by atoms with Gasteiger partial charge < -0.3 is 20.7 Å². The number of para-hydroxylation sites is 1. The van der Waals surface area contributed by atoms with Crippen LogP contribution in [0.5, 0.6) is 0 Å². The molecule has 0 spiro atoms. The van der Waals surface area contributed by atoms with Crippen molar-refractivity contribution in [1.82, 2.24) is 10.6 Å². The summed E-state index contributed by atoms with van der Waals surface area (Å²) in [6, 6.07) is 10.2. The molecule has 0 atom stereocenters. The Bertz CT molecular complexity index is 381. The van der Waals surface area contributed by atoms with Gasteiger partial charge in [-0.1, -0.05) is 18.2 Å². The molecule has 0 aliphatic carbocycles. The Morgan fingerprint density at radius 2 is 1.90 bits per heavy atom. The molecule has 0 bridgehead atoms. The van der Waals surface area contributed by atoms with Gasteiger partial charge in [0.25, 0.3) is 0 Å². The fourth-order valence-corrected chi connectivity index (χ4v) is 1.79. The minimum atomic E-state index is 0.705. The zero-order valence-electron chi connectivity index (χ0n) is 13.2. The first-order valence-corrected chi connectivity index (χ1v) is 7.75. The SMILES string of the molecule is CCNC(=NCCCNc1ccccc1)NCCOCC. The lowest BCUT2D eigenvalue weighted by Gasteiger charge is -2.11. The van der Waals surface area contributed by atoms with Crippen LogP contribution in [0, 0.1) is 0 Å². The minimum absolute atomic E-state index is 0.705. The van der Waals surface area contributed by atoms with Gasteiger partial charge in [0.05, 0.1) is 6.61 Å². The van der Waals surface area contributed by atoms with E-state index in [1.807, 2.05) is 25.1 Å². The number of hydrogen-bond acceptors (Lipinski definition) is 3. The molecule has 1 rings (SSSR count). The van der Waals surface area contributed by atoms with Crippen molar-refractivity contribution in [3.05, 3.63) is 30.3 Å². The van der Waals surface area contributed by atoms with Crippen LogP contribution in [0.1, 0.15) is 20.3 Å². The molecule has 0 saturated carbocycles. The van der Waals surface area contributed by atoms with Crippen LogP contribution in [0.15, 0.2) is 35.3 Å². The van der Waals surface area contributed by atoms with E-state index in [9.17, 15) is 0 Å². The van der Waals surface area contributed by atoms with Crippen LogP contribution in [0.25, 0.3) is 0 Å². The predicted octanol–water partition coefficient (Wildman–Crippen LogP) is 2.08. The van der Waals surface area contributed by atoms with Crippen molar-refractivity contribution < 1.29 is 4.74 Å². The zero-order valence-corrected chi connectivity index (χ0v) is 13.2. The highest BCUT2D eigenvalue weighted by molar-refractivity contribution is 5.79. The number of anilines is 1. The summed E-state index contributed by atoms with van der Waals surface area (Å²) in [5.41, 5.74) is 1.16. The molecule has 0 unspecified atom stereocenters. The third-order valence-electron chi connectivity index (χ3n) is 2.79. The molecule has 5 heteroatoms. The van der Waals surface area contributed by atoms with Gasteiger partial charge in [-0.15, -0.1) is 0 Å². The Hall–Kier alpha value is -1.75. The van der Waals surface area contributed by atoms with Gasteiger partial charge in [-0.3, -0.25) is 4.99 Å². The number of ether oxygens (including phenoxy) is 1. The maximum absolute atomic E-state index is 5.30. The zero-order chi connectivity index (χ0) is 15.2. The van der Waals surface area contributed by atoms with Gasteiger partial charge in [0, 0.05) is 38.5 Å². The van der Waals surface area contributed by atoms with Crippen LogP contribution in [-0.2, 0) is 4.74 Å². The summed E-state index contributed by atoms with van der Waals surface area (Å²) in [6.45, 7) is 8.88. The number of aliphatic imine (C=N–C) groups is 1. The topological polar surface area (TPSA) is 57.7 Å². The largest absolute Gasteiger partial charge is 0.385 e. The van der Waals surface area contributed by atoms with Gasteiger partial charge in [0.2, 0.25) is 0 Å². The Morgan fingerprint density at radius 1 is 1.10 bits per heavy atom. The van der Waals surface area contributed by atoms with Crippen LogP contribution >= 0.6 is 0 Å². The second kappa shape index (κ2) is 12.0. The predicted molar refractivity (Wildman–Crippen MR) is 90.0 cm³/mol. The molecular formula is C16H28N4O. The van der Waals surface area contributed by atoms with E-state index in [1.165, 1.54) is 0 Å². The average Bonchev–Trinajstić information content (AvgIpc) is 2.52. The van der Waals surface area contributed by atoms with E-state index in [-0.39, 0.29) is 0 Å². The first-order valence-electron chi connectivity index (χ1n) is 7.75. The highest BCUT2D eigenvalue weighted by Crippen LogP contribution is 2.04. The smallest absolute Gasteiger partial charge is 0.191 e. The lowest BCUT2D eigenvalue weighted by Crippen LogP contribution is -2.39. The highest BCUT2D eigenvalue weighted by Gasteiger charge is 1.96. The molecule has 0 saturated heterocycles. The van der Waals surface area contributed by atoms with Crippen molar-refractivity contribution in [2.75, 3.05) is 44.7 Å². The van der Waals surface area contributed by atoms with E-state index < -0.39 is 0 Å². The molecule has 1 aromatic rings. The summed E-state index contributed by atoms with van der Waals surface area (Å²) in [5.74, 6) is 0.858. The van der Waals surface area contributed by atoms with E-state index in [4.69, 9.17) is 4.74 Å². The van der Waals surface area contributed by atoms with Crippen LogP contribution in [0.4, 0.5) is 5.69 Å². The number of hydrogen-bond donors (Lipinski definition) is 3. The van der Waals surface area contributed by atoms with Crippen molar-refractivity contribution in [2.24, 2.45) is 4.99 Å². The van der Waals surface area contributed by atoms with E-state index in [1.54, 1.807) is 0 Å². The summed E-state index contributed by atoms with van der Waals surface area (Å²) < 4.78 is 5.30. The summed E-state index contributed by atoms with van der Waals surface area (Å²) >= 11 is 0. The Labute approximate surface area is 128 Å². The van der Waals surface area contributed by atoms with Crippen molar-refractivity contribution in [2.45, 2.75) is 20.3 Å². The molecule has 0 aliphatic heterocycles. The summed E-state index contributed by atoms with van der Waals surface area (Å²) in [6.07, 6.45) is 0.997. The molecular weight excluding hydrogens is 264 g/mol. The normalized spacial score (nSPS) is 11.2. The van der Waals surface area contributed by atoms with Gasteiger partial charge in [0.1, 0.15) is 0 Å². The highest BCUT2D eigenvalue weighted by atomic mass is 16.5. The number of rotatable bonds is 10. The molecule has 0 fully saturated rings. The summed E-state index contributed by atoms with van der Waals surface area (Å²) in [4.78, 5) is 4.54. The Kier molecular flexibility index (Phi) is 9.91. The van der Waals surface area contributed by atoms with Gasteiger partial charge >= 0.3 is 0 Å². The maximum Gasteiger partial charge on any atom is 0.191 e. The number of guanidine groups is 1. The van der Waals surface area contributed by atoms with Gasteiger partial charge in [-0.25, -0.2) is 0 Å². The summed E-state index contributed by atoms with van der Waals surface area (Å²) in [7, 11) is 0. The molecule has 0 radical (unpaired) electrons. The first-order chi connectivity index (χ1) is 10.4. The fraction of sp³-hybridized carbons (Fsp3) is 0.562. The van der Waals surface area contributed by atoms with Crippen molar-refractivity contribution in [3.8, 4) is 0 Å². The third-order valence-corrected chi connectivity index (χ3v) is 2.79. The molecule has 0 aliphatic rings. The second-order valence-corrected chi connectivity index (χ2v) is 4.53. The molecule has 118 valence electrons. The molecule has 0 amide bonds. The molecule has 0 heterocycles. The first kappa shape index (κ1) is 17.3. The lowest BCUT2D eigenvalue weighted by atomic mass is 10.3. The van der Waals surface area contributed by atoms with E-state index in [0.29, 0.717) is 6.61 Å². The van der Waals surface area contributed by atoms with E-state index in [2.05, 4.69) is 40.0 Å². The lowest BCUT2D eigenvalue weighted by molar-refractivity contribution is 0.152. The molecule has 1 aromatic carbocycles. The quantitative estimate of drug-likeness (QED) is 0.351. The molecule has 21 heavy (non-hydrogen) atoms. The second-order valence-electron chi connectivity index (χ2n) is 4.53. The standard InChI is InChI=1S/C16H28N4O/c1-3-17-16(20-13-14-21-4-2)19-12-8-11-18-15-9-6-5-7-10-15/h5-7,9-10,18H,3-4,8,11-14H2,1-2H3,(H2,17,19,20). The monoisotopic (exact) mass is 292 g/mol. The number of benzene rings is 1.